The van der Waals surface area contributed by atoms with Crippen LogP contribution >= 0.6 is 0 Å². The lowest BCUT2D eigenvalue weighted by Crippen LogP contribution is -2.59. The average molecular weight is 723 g/mol. The van der Waals surface area contributed by atoms with Crippen LogP contribution in [-0.2, 0) is 41.6 Å². The highest BCUT2D eigenvalue weighted by Gasteiger charge is 2.34. The van der Waals surface area contributed by atoms with Gasteiger partial charge >= 0.3 is 11.9 Å². The maximum atomic E-state index is 13.9. The van der Waals surface area contributed by atoms with Crippen LogP contribution in [0.2, 0.25) is 0 Å². The summed E-state index contributed by atoms with van der Waals surface area (Å²) in [5.74, 6) is -4.44. The summed E-state index contributed by atoms with van der Waals surface area (Å²) in [7, 11) is 0. The SMILES string of the molecule is CC(C)CC(NC(=O)C(Cc1ccccc1)NC(=O)C(N)Cc1ccccc1)C(=O)NC(CCCCNCC(=O)O)C(=O)N1CCC(C(=O)O)CC1. The zero-order valence-corrected chi connectivity index (χ0v) is 30.1. The lowest BCUT2D eigenvalue weighted by Gasteiger charge is -2.34. The molecule has 0 aromatic heterocycles. The molecule has 2 aromatic rings. The minimum absolute atomic E-state index is 0.0259. The standard InChI is InChI=1S/C38H54N6O8/c1-25(2)21-31(35(48)41-30(15-9-10-18-40-24-33(45)46)37(50)44-19-16-28(17-20-44)38(51)52)43-36(49)32(23-27-13-7-4-8-14-27)42-34(47)29(39)22-26-11-5-3-6-12-26/h3-8,11-14,25,28-32,40H,9-10,15-24,39H2,1-2H3,(H,41,48)(H,42,47)(H,43,49)(H,45,46)(H,51,52). The van der Waals surface area contributed by atoms with Crippen LogP contribution in [0.25, 0.3) is 0 Å². The number of benzene rings is 2. The van der Waals surface area contributed by atoms with Crippen molar-refractivity contribution in [2.75, 3.05) is 26.2 Å². The van der Waals surface area contributed by atoms with Gasteiger partial charge in [-0.15, -0.1) is 0 Å². The van der Waals surface area contributed by atoms with Crippen molar-refractivity contribution in [2.24, 2.45) is 17.6 Å². The van der Waals surface area contributed by atoms with Crippen LogP contribution in [-0.4, -0.2) is 101 Å². The molecule has 2 aromatic carbocycles. The fraction of sp³-hybridized carbons (Fsp3) is 0.526. The van der Waals surface area contributed by atoms with Crippen LogP contribution in [0.4, 0.5) is 0 Å². The number of rotatable bonds is 21. The van der Waals surface area contributed by atoms with Crippen molar-refractivity contribution < 1.29 is 39.0 Å². The minimum atomic E-state index is -1.05. The highest BCUT2D eigenvalue weighted by molar-refractivity contribution is 5.95. The molecule has 1 aliphatic heterocycles. The molecule has 1 aliphatic rings. The smallest absolute Gasteiger partial charge is 0.317 e. The number of hydrogen-bond donors (Lipinski definition) is 7. The normalized spacial score (nSPS) is 15.6. The summed E-state index contributed by atoms with van der Waals surface area (Å²) in [4.78, 5) is 78.7. The summed E-state index contributed by atoms with van der Waals surface area (Å²) in [6.07, 6.45) is 2.57. The van der Waals surface area contributed by atoms with Crippen molar-refractivity contribution >= 4 is 35.6 Å². The number of amides is 4. The number of unbranched alkanes of at least 4 members (excludes halogenated alkanes) is 1. The van der Waals surface area contributed by atoms with E-state index in [0.29, 0.717) is 32.2 Å². The van der Waals surface area contributed by atoms with Crippen molar-refractivity contribution in [1.29, 1.82) is 0 Å². The Morgan fingerprint density at radius 1 is 0.750 bits per heavy atom. The predicted octanol–water partition coefficient (Wildman–Crippen LogP) is 1.47. The van der Waals surface area contributed by atoms with Gasteiger partial charge in [0.05, 0.1) is 18.5 Å². The molecule has 4 unspecified atom stereocenters. The molecule has 1 saturated heterocycles. The van der Waals surface area contributed by atoms with E-state index in [9.17, 15) is 33.9 Å². The molecule has 1 fully saturated rings. The second-order valence-electron chi connectivity index (χ2n) is 13.8. The van der Waals surface area contributed by atoms with Gasteiger partial charge in [0.2, 0.25) is 23.6 Å². The topological polar surface area (TPSA) is 220 Å². The van der Waals surface area contributed by atoms with E-state index in [2.05, 4.69) is 21.3 Å². The van der Waals surface area contributed by atoms with E-state index in [4.69, 9.17) is 10.8 Å². The summed E-state index contributed by atoms with van der Waals surface area (Å²) in [6.45, 7) is 4.48. The summed E-state index contributed by atoms with van der Waals surface area (Å²) < 4.78 is 0. The molecule has 0 spiro atoms. The van der Waals surface area contributed by atoms with Crippen molar-refractivity contribution in [3.63, 3.8) is 0 Å². The summed E-state index contributed by atoms with van der Waals surface area (Å²) in [5.41, 5.74) is 7.91. The number of carbonyl (C=O) groups excluding carboxylic acids is 4. The number of nitrogens with one attached hydrogen (secondary N) is 4. The highest BCUT2D eigenvalue weighted by Crippen LogP contribution is 2.19. The van der Waals surface area contributed by atoms with E-state index in [1.54, 1.807) is 4.90 Å². The number of carboxylic acids is 2. The average Bonchev–Trinajstić information content (AvgIpc) is 3.12. The van der Waals surface area contributed by atoms with Gasteiger partial charge in [-0.25, -0.2) is 0 Å². The zero-order chi connectivity index (χ0) is 38.0. The van der Waals surface area contributed by atoms with Gasteiger partial charge in [-0.3, -0.25) is 28.8 Å². The number of hydrogen-bond acceptors (Lipinski definition) is 8. The lowest BCUT2D eigenvalue weighted by molar-refractivity contribution is -0.146. The Hall–Kier alpha value is -4.82. The van der Waals surface area contributed by atoms with Crippen molar-refractivity contribution in [3.05, 3.63) is 71.8 Å². The first-order chi connectivity index (χ1) is 24.8. The fourth-order valence-corrected chi connectivity index (χ4v) is 6.16. The quantitative estimate of drug-likeness (QED) is 0.0920. The molecule has 0 aliphatic carbocycles. The molecule has 8 N–H and O–H groups in total. The molecule has 4 amide bonds. The second-order valence-corrected chi connectivity index (χ2v) is 13.8. The van der Waals surface area contributed by atoms with Crippen molar-refractivity contribution in [3.8, 4) is 0 Å². The van der Waals surface area contributed by atoms with Gasteiger partial charge in [0.15, 0.2) is 0 Å². The number of nitrogens with zero attached hydrogens (tertiary/aromatic N) is 1. The molecule has 0 bridgehead atoms. The molecule has 4 atom stereocenters. The maximum absolute atomic E-state index is 13.9. The van der Waals surface area contributed by atoms with E-state index in [-0.39, 0.29) is 57.1 Å². The van der Waals surface area contributed by atoms with Crippen LogP contribution in [0, 0.1) is 11.8 Å². The summed E-state index contributed by atoms with van der Waals surface area (Å²) >= 11 is 0. The number of carboxylic acid groups (broad SMARTS) is 2. The van der Waals surface area contributed by atoms with Crippen LogP contribution in [0.1, 0.15) is 63.5 Å². The molecule has 0 saturated carbocycles. The van der Waals surface area contributed by atoms with Gasteiger partial charge in [0.1, 0.15) is 18.1 Å². The third-order valence-corrected chi connectivity index (χ3v) is 9.03. The van der Waals surface area contributed by atoms with Gasteiger partial charge in [-0.05, 0) is 68.5 Å². The first kappa shape index (κ1) is 41.6. The number of aliphatic carboxylic acids is 2. The zero-order valence-electron chi connectivity index (χ0n) is 30.1. The Balaban J connectivity index is 1.76. The third-order valence-electron chi connectivity index (χ3n) is 9.03. The predicted molar refractivity (Wildman–Crippen MR) is 195 cm³/mol. The monoisotopic (exact) mass is 722 g/mol. The van der Waals surface area contributed by atoms with Crippen LogP contribution in [0.15, 0.2) is 60.7 Å². The molecule has 3 rings (SSSR count). The van der Waals surface area contributed by atoms with E-state index < -0.39 is 59.7 Å². The second kappa shape index (κ2) is 21.5. The molecular formula is C38H54N6O8. The summed E-state index contributed by atoms with van der Waals surface area (Å²) in [6, 6.07) is 14.5. The van der Waals surface area contributed by atoms with Gasteiger partial charge in [0, 0.05) is 19.5 Å². The van der Waals surface area contributed by atoms with Gasteiger partial charge in [-0.1, -0.05) is 74.5 Å². The summed E-state index contributed by atoms with van der Waals surface area (Å²) in [5, 5.41) is 29.6. The van der Waals surface area contributed by atoms with E-state index in [1.165, 1.54) is 0 Å². The Labute approximate surface area is 305 Å². The largest absolute Gasteiger partial charge is 0.481 e. The van der Waals surface area contributed by atoms with Crippen molar-refractivity contribution in [1.82, 2.24) is 26.2 Å². The van der Waals surface area contributed by atoms with E-state index in [1.807, 2.05) is 74.5 Å². The molecular weight excluding hydrogens is 668 g/mol. The fourth-order valence-electron chi connectivity index (χ4n) is 6.16. The first-order valence-electron chi connectivity index (χ1n) is 18.0. The number of piperidine rings is 1. The van der Waals surface area contributed by atoms with Gasteiger partial charge in [-0.2, -0.15) is 0 Å². The van der Waals surface area contributed by atoms with Crippen LogP contribution in [0.3, 0.4) is 0 Å². The van der Waals surface area contributed by atoms with E-state index >= 15 is 0 Å². The lowest BCUT2D eigenvalue weighted by atomic mass is 9.96. The third kappa shape index (κ3) is 14.4. The molecule has 1 heterocycles. The number of carbonyl (C=O) groups is 6. The Kier molecular flexibility index (Phi) is 17.2. The van der Waals surface area contributed by atoms with Crippen LogP contribution in [0.5, 0.6) is 0 Å². The Morgan fingerprint density at radius 3 is 1.85 bits per heavy atom. The van der Waals surface area contributed by atoms with E-state index in [0.717, 1.165) is 11.1 Å². The highest BCUT2D eigenvalue weighted by atomic mass is 16.4. The first-order valence-corrected chi connectivity index (χ1v) is 18.0. The van der Waals surface area contributed by atoms with Crippen molar-refractivity contribution in [2.45, 2.75) is 89.4 Å². The Morgan fingerprint density at radius 2 is 1.29 bits per heavy atom. The molecule has 52 heavy (non-hydrogen) atoms. The maximum Gasteiger partial charge on any atom is 0.317 e. The number of likely N-dealkylation sites (tertiary alicyclic amines) is 1. The minimum Gasteiger partial charge on any atom is -0.481 e. The Bertz CT molecular complexity index is 1470. The van der Waals surface area contributed by atoms with Gasteiger partial charge < -0.3 is 42.1 Å². The molecule has 284 valence electrons. The number of nitrogens with two attached hydrogens (primary N) is 1. The van der Waals surface area contributed by atoms with Crippen LogP contribution < -0.4 is 27.0 Å². The molecule has 14 heteroatoms. The van der Waals surface area contributed by atoms with Gasteiger partial charge in [0.25, 0.3) is 0 Å². The molecule has 0 radical (unpaired) electrons. The molecule has 14 nitrogen and oxygen atoms in total.